The SMILES string of the molecule is CCCCCC/C=C\C/C=C\CCCCCCCCCC(=O)OC(COC(=O)CCCCCCCCCCCCC/C=C\CCCCCCCCCC)COP(=O)(O)OCC. The number of phosphoric ester groups is 1. The molecular weight excluding hydrogens is 784 g/mol. The monoisotopic (exact) mass is 881 g/mol. The number of unbranched alkanes of at least 4 members (excludes halogenated alkanes) is 30. The summed E-state index contributed by atoms with van der Waals surface area (Å²) in [6.45, 7) is 5.49. The van der Waals surface area contributed by atoms with Gasteiger partial charge in [-0.1, -0.05) is 204 Å². The summed E-state index contributed by atoms with van der Waals surface area (Å²) in [7, 11) is -4.29. The van der Waals surface area contributed by atoms with E-state index >= 15 is 0 Å². The minimum absolute atomic E-state index is 0.000818. The van der Waals surface area contributed by atoms with Crippen molar-refractivity contribution >= 4 is 19.8 Å². The van der Waals surface area contributed by atoms with Gasteiger partial charge in [0.25, 0.3) is 0 Å². The molecule has 0 aliphatic heterocycles. The van der Waals surface area contributed by atoms with E-state index in [1.165, 1.54) is 167 Å². The van der Waals surface area contributed by atoms with Gasteiger partial charge in [-0.25, -0.2) is 4.57 Å². The number of carbonyl (C=O) groups excluding carboxylic acids is 2. The number of esters is 2. The summed E-state index contributed by atoms with van der Waals surface area (Å²) in [4.78, 5) is 34.9. The van der Waals surface area contributed by atoms with Crippen LogP contribution in [0.5, 0.6) is 0 Å². The van der Waals surface area contributed by atoms with Crippen LogP contribution in [0.3, 0.4) is 0 Å². The first kappa shape index (κ1) is 59.3. The smallest absolute Gasteiger partial charge is 0.462 e. The summed E-state index contributed by atoms with van der Waals surface area (Å²) >= 11 is 0. The lowest BCUT2D eigenvalue weighted by Gasteiger charge is -2.19. The first-order valence-electron chi connectivity index (χ1n) is 25.8. The molecule has 0 radical (unpaired) electrons. The highest BCUT2D eigenvalue weighted by Crippen LogP contribution is 2.43. The fourth-order valence-corrected chi connectivity index (χ4v) is 8.12. The van der Waals surface area contributed by atoms with Crippen molar-refractivity contribution < 1.29 is 37.6 Å². The van der Waals surface area contributed by atoms with Crippen molar-refractivity contribution in [3.8, 4) is 0 Å². The van der Waals surface area contributed by atoms with Crippen LogP contribution < -0.4 is 0 Å². The summed E-state index contributed by atoms with van der Waals surface area (Å²) in [6.07, 6.45) is 56.4. The van der Waals surface area contributed by atoms with Gasteiger partial charge in [0.1, 0.15) is 6.61 Å². The molecule has 0 amide bonds. The molecule has 2 unspecified atom stereocenters. The van der Waals surface area contributed by atoms with Crippen molar-refractivity contribution in [2.45, 2.75) is 264 Å². The quantitative estimate of drug-likeness (QED) is 0.0279. The average Bonchev–Trinajstić information content (AvgIpc) is 3.24. The number of hydrogen-bond acceptors (Lipinski definition) is 7. The number of hydrogen-bond donors (Lipinski definition) is 1. The van der Waals surface area contributed by atoms with Gasteiger partial charge in [0.2, 0.25) is 0 Å². The van der Waals surface area contributed by atoms with Crippen LogP contribution in [0.1, 0.15) is 258 Å². The zero-order valence-electron chi connectivity index (χ0n) is 40.1. The highest BCUT2D eigenvalue weighted by molar-refractivity contribution is 7.47. The van der Waals surface area contributed by atoms with E-state index in [9.17, 15) is 19.0 Å². The Morgan fingerprint density at radius 3 is 1.20 bits per heavy atom. The number of rotatable bonds is 48. The Bertz CT molecular complexity index is 1090. The van der Waals surface area contributed by atoms with Crippen LogP contribution in [0.4, 0.5) is 0 Å². The molecule has 0 aromatic heterocycles. The van der Waals surface area contributed by atoms with Gasteiger partial charge in [-0.05, 0) is 77.6 Å². The highest BCUT2D eigenvalue weighted by atomic mass is 31.2. The third kappa shape index (κ3) is 47.6. The van der Waals surface area contributed by atoms with Crippen LogP contribution >= 0.6 is 7.82 Å². The second-order valence-corrected chi connectivity index (χ2v) is 18.6. The lowest BCUT2D eigenvalue weighted by molar-refractivity contribution is -0.161. The molecule has 0 aliphatic rings. The molecule has 0 aliphatic carbocycles. The molecule has 0 aromatic rings. The minimum atomic E-state index is -4.29. The predicted octanol–water partition coefficient (Wildman–Crippen LogP) is 16.7. The molecule has 1 N–H and O–H groups in total. The summed E-state index contributed by atoms with van der Waals surface area (Å²) in [6, 6.07) is 0. The topological polar surface area (TPSA) is 108 Å². The van der Waals surface area contributed by atoms with Crippen molar-refractivity contribution in [3.05, 3.63) is 36.5 Å². The first-order chi connectivity index (χ1) is 29.8. The molecule has 0 aromatic carbocycles. The molecule has 0 rings (SSSR count). The lowest BCUT2D eigenvalue weighted by atomic mass is 10.0. The van der Waals surface area contributed by atoms with Crippen LogP contribution in [0.25, 0.3) is 0 Å². The molecule has 0 spiro atoms. The molecule has 0 saturated carbocycles. The maximum Gasteiger partial charge on any atom is 0.472 e. The van der Waals surface area contributed by atoms with Crippen LogP contribution in [0.15, 0.2) is 36.5 Å². The number of carbonyl (C=O) groups is 2. The van der Waals surface area contributed by atoms with Gasteiger partial charge in [0.05, 0.1) is 13.2 Å². The fourth-order valence-electron chi connectivity index (χ4n) is 7.36. The molecule has 0 fully saturated rings. The van der Waals surface area contributed by atoms with Crippen molar-refractivity contribution in [3.63, 3.8) is 0 Å². The van der Waals surface area contributed by atoms with Gasteiger partial charge in [-0.15, -0.1) is 0 Å². The van der Waals surface area contributed by atoms with E-state index in [4.69, 9.17) is 18.5 Å². The van der Waals surface area contributed by atoms with Gasteiger partial charge < -0.3 is 14.4 Å². The van der Waals surface area contributed by atoms with Gasteiger partial charge in [-0.3, -0.25) is 18.6 Å². The standard InChI is InChI=1S/C52H97O8P/c1-4-7-9-11-13-15-17-19-21-23-25-26-27-28-29-31-32-34-36-38-40-42-44-46-51(53)57-48-50(49-59-61(55,56)58-6-3)60-52(54)47-45-43-41-39-37-35-33-30-24-22-20-18-16-14-12-10-8-5-2/h16,18,22-25,50H,4-15,17,19-21,26-49H2,1-3H3,(H,55,56)/b18-16-,24-22-,25-23-. The second-order valence-electron chi connectivity index (χ2n) is 17.2. The van der Waals surface area contributed by atoms with E-state index in [1.807, 2.05) is 0 Å². The van der Waals surface area contributed by atoms with Crippen LogP contribution in [0.2, 0.25) is 0 Å². The van der Waals surface area contributed by atoms with E-state index in [2.05, 4.69) is 50.3 Å². The lowest BCUT2D eigenvalue weighted by Crippen LogP contribution is -2.29. The number of phosphoric acid groups is 1. The zero-order chi connectivity index (χ0) is 44.6. The Balaban J connectivity index is 3.96. The Morgan fingerprint density at radius 1 is 0.443 bits per heavy atom. The van der Waals surface area contributed by atoms with E-state index in [1.54, 1.807) is 6.92 Å². The first-order valence-corrected chi connectivity index (χ1v) is 27.3. The maximum absolute atomic E-state index is 12.6. The Hall–Kier alpha value is -1.73. The van der Waals surface area contributed by atoms with Gasteiger partial charge >= 0.3 is 19.8 Å². The average molecular weight is 881 g/mol. The summed E-state index contributed by atoms with van der Waals surface area (Å²) < 4.78 is 32.8. The van der Waals surface area contributed by atoms with Gasteiger partial charge in [-0.2, -0.15) is 0 Å². The van der Waals surface area contributed by atoms with Crippen molar-refractivity contribution in [1.29, 1.82) is 0 Å². The molecule has 0 bridgehead atoms. The summed E-state index contributed by atoms with van der Waals surface area (Å²) in [5, 5.41) is 0. The molecule has 0 saturated heterocycles. The molecule has 0 heterocycles. The van der Waals surface area contributed by atoms with Crippen molar-refractivity contribution in [2.75, 3.05) is 19.8 Å². The van der Waals surface area contributed by atoms with E-state index in [0.29, 0.717) is 12.8 Å². The van der Waals surface area contributed by atoms with Crippen molar-refractivity contribution in [1.82, 2.24) is 0 Å². The molecule has 2 atom stereocenters. The van der Waals surface area contributed by atoms with Crippen LogP contribution in [0, 0.1) is 0 Å². The van der Waals surface area contributed by atoms with E-state index < -0.39 is 26.5 Å². The molecule has 61 heavy (non-hydrogen) atoms. The molecule has 8 nitrogen and oxygen atoms in total. The second kappa shape index (κ2) is 47.7. The third-order valence-corrected chi connectivity index (χ3v) is 12.2. The van der Waals surface area contributed by atoms with Gasteiger partial charge in [0.15, 0.2) is 6.10 Å². The van der Waals surface area contributed by atoms with Crippen LogP contribution in [-0.4, -0.2) is 42.8 Å². The minimum Gasteiger partial charge on any atom is -0.462 e. The Morgan fingerprint density at radius 2 is 0.787 bits per heavy atom. The normalized spacial score (nSPS) is 13.4. The summed E-state index contributed by atoms with van der Waals surface area (Å²) in [5.41, 5.74) is 0. The molecule has 358 valence electrons. The molecule has 9 heteroatoms. The molecular formula is C52H97O8P. The zero-order valence-corrected chi connectivity index (χ0v) is 41.0. The van der Waals surface area contributed by atoms with E-state index in [0.717, 1.165) is 51.4 Å². The fraction of sp³-hybridized carbons (Fsp3) is 0.846. The van der Waals surface area contributed by atoms with Crippen molar-refractivity contribution in [2.24, 2.45) is 0 Å². The highest BCUT2D eigenvalue weighted by Gasteiger charge is 2.25. The Kier molecular flexibility index (Phi) is 46.4. The number of allylic oxidation sites excluding steroid dienone is 6. The van der Waals surface area contributed by atoms with Gasteiger partial charge in [0, 0.05) is 12.8 Å². The van der Waals surface area contributed by atoms with E-state index in [-0.39, 0.29) is 25.6 Å². The largest absolute Gasteiger partial charge is 0.472 e. The van der Waals surface area contributed by atoms with Crippen LogP contribution in [-0.2, 0) is 32.7 Å². The third-order valence-electron chi connectivity index (χ3n) is 11.2. The summed E-state index contributed by atoms with van der Waals surface area (Å²) in [5.74, 6) is -0.798. The predicted molar refractivity (Wildman–Crippen MR) is 258 cm³/mol. The Labute approximate surface area is 376 Å². The maximum atomic E-state index is 12.6. The number of ether oxygens (including phenoxy) is 2.